The molecular formula is C18H24O3. The Morgan fingerprint density at radius 3 is 2.43 bits per heavy atom. The lowest BCUT2D eigenvalue weighted by atomic mass is 9.80. The van der Waals surface area contributed by atoms with Crippen LogP contribution < -0.4 is 4.74 Å². The van der Waals surface area contributed by atoms with E-state index in [1.807, 2.05) is 24.3 Å². The maximum absolute atomic E-state index is 12.2. The molecule has 3 nitrogen and oxygen atoms in total. The van der Waals surface area contributed by atoms with Crippen molar-refractivity contribution in [2.45, 2.75) is 51.6 Å². The second-order valence-electron chi connectivity index (χ2n) is 6.32. The third kappa shape index (κ3) is 3.85. The number of carbonyl (C=O) groups excluding carboxylic acids is 1. The van der Waals surface area contributed by atoms with Crippen LogP contribution in [0.3, 0.4) is 0 Å². The predicted molar refractivity (Wildman–Crippen MR) is 81.1 cm³/mol. The Morgan fingerprint density at radius 2 is 1.86 bits per heavy atom. The van der Waals surface area contributed by atoms with E-state index in [-0.39, 0.29) is 18.0 Å². The van der Waals surface area contributed by atoms with Crippen LogP contribution >= 0.6 is 0 Å². The lowest BCUT2D eigenvalue weighted by molar-refractivity contribution is -0.140. The highest BCUT2D eigenvalue weighted by atomic mass is 16.6. The second-order valence-corrected chi connectivity index (χ2v) is 6.32. The molecule has 3 heteroatoms. The molecule has 1 aliphatic heterocycles. The van der Waals surface area contributed by atoms with Crippen LogP contribution in [0.15, 0.2) is 24.3 Å². The molecule has 1 saturated carbocycles. The molecule has 0 aromatic heterocycles. The number of hydrogen-bond acceptors (Lipinski definition) is 3. The molecule has 114 valence electrons. The third-order valence-corrected chi connectivity index (χ3v) is 4.68. The molecule has 2 aliphatic rings. The first-order valence-corrected chi connectivity index (χ1v) is 8.19. The van der Waals surface area contributed by atoms with Crippen molar-refractivity contribution in [2.75, 3.05) is 6.61 Å². The zero-order valence-electron chi connectivity index (χ0n) is 12.7. The maximum Gasteiger partial charge on any atom is 0.314 e. The van der Waals surface area contributed by atoms with Gasteiger partial charge >= 0.3 is 5.97 Å². The Morgan fingerprint density at radius 1 is 1.19 bits per heavy atom. The van der Waals surface area contributed by atoms with Crippen LogP contribution in [0.5, 0.6) is 5.75 Å². The molecule has 2 fully saturated rings. The fourth-order valence-corrected chi connectivity index (χ4v) is 3.29. The van der Waals surface area contributed by atoms with E-state index in [9.17, 15) is 4.79 Å². The average molecular weight is 288 g/mol. The normalized spacial score (nSPS) is 28.1. The number of epoxide rings is 1. The molecule has 0 N–H and O–H groups in total. The minimum atomic E-state index is -0.0552. The van der Waals surface area contributed by atoms with E-state index in [1.54, 1.807) is 0 Å². The van der Waals surface area contributed by atoms with E-state index < -0.39 is 0 Å². The summed E-state index contributed by atoms with van der Waals surface area (Å²) in [6.45, 7) is 3.04. The van der Waals surface area contributed by atoms with Gasteiger partial charge in [0.2, 0.25) is 0 Å². The number of ether oxygens (including phenoxy) is 2. The van der Waals surface area contributed by atoms with Crippen molar-refractivity contribution in [3.8, 4) is 5.75 Å². The molecule has 0 bridgehead atoms. The Bertz CT molecular complexity index is 468. The van der Waals surface area contributed by atoms with Crippen molar-refractivity contribution in [1.29, 1.82) is 0 Å². The molecule has 1 heterocycles. The van der Waals surface area contributed by atoms with Crippen molar-refractivity contribution >= 4 is 5.97 Å². The van der Waals surface area contributed by atoms with Crippen molar-refractivity contribution in [2.24, 2.45) is 11.8 Å². The molecule has 1 unspecified atom stereocenters. The fourth-order valence-electron chi connectivity index (χ4n) is 3.29. The topological polar surface area (TPSA) is 38.8 Å². The van der Waals surface area contributed by atoms with Gasteiger partial charge in [0.25, 0.3) is 0 Å². The molecule has 1 atom stereocenters. The van der Waals surface area contributed by atoms with Crippen molar-refractivity contribution < 1.29 is 14.3 Å². The number of esters is 1. The smallest absolute Gasteiger partial charge is 0.314 e. The largest absolute Gasteiger partial charge is 0.426 e. The highest BCUT2D eigenvalue weighted by Gasteiger charge is 2.28. The van der Waals surface area contributed by atoms with Gasteiger partial charge in [-0.3, -0.25) is 4.79 Å². The van der Waals surface area contributed by atoms with Gasteiger partial charge in [-0.15, -0.1) is 0 Å². The van der Waals surface area contributed by atoms with Gasteiger partial charge in [-0.1, -0.05) is 31.9 Å². The van der Waals surface area contributed by atoms with Gasteiger partial charge < -0.3 is 9.47 Å². The van der Waals surface area contributed by atoms with E-state index in [0.29, 0.717) is 5.75 Å². The summed E-state index contributed by atoms with van der Waals surface area (Å²) < 4.78 is 10.8. The monoisotopic (exact) mass is 288 g/mol. The van der Waals surface area contributed by atoms with Gasteiger partial charge in [-0.2, -0.15) is 0 Å². The summed E-state index contributed by atoms with van der Waals surface area (Å²) in [7, 11) is 0. The fraction of sp³-hybridized carbons (Fsp3) is 0.611. The molecule has 21 heavy (non-hydrogen) atoms. The minimum absolute atomic E-state index is 0.0552. The predicted octanol–water partition coefficient (Wildman–Crippen LogP) is 4.27. The van der Waals surface area contributed by atoms with Crippen molar-refractivity contribution in [3.63, 3.8) is 0 Å². The van der Waals surface area contributed by atoms with Gasteiger partial charge in [0.1, 0.15) is 11.9 Å². The van der Waals surface area contributed by atoms with E-state index in [2.05, 4.69) is 6.92 Å². The zero-order valence-corrected chi connectivity index (χ0v) is 12.7. The molecule has 1 aromatic carbocycles. The summed E-state index contributed by atoms with van der Waals surface area (Å²) in [5.74, 6) is 1.50. The lowest BCUT2D eigenvalue weighted by Gasteiger charge is -2.26. The second kappa shape index (κ2) is 6.61. The molecular weight excluding hydrogens is 264 g/mol. The van der Waals surface area contributed by atoms with Gasteiger partial charge in [0.15, 0.2) is 0 Å². The molecule has 0 radical (unpaired) electrons. The van der Waals surface area contributed by atoms with Crippen LogP contribution in [0.4, 0.5) is 0 Å². The molecule has 1 aromatic rings. The number of carbonyl (C=O) groups is 1. The molecule has 0 spiro atoms. The van der Waals surface area contributed by atoms with Crippen molar-refractivity contribution in [1.82, 2.24) is 0 Å². The Hall–Kier alpha value is -1.35. The molecule has 3 rings (SSSR count). The Kier molecular flexibility index (Phi) is 4.59. The summed E-state index contributed by atoms with van der Waals surface area (Å²) in [5.41, 5.74) is 1.16. The Balaban J connectivity index is 1.49. The van der Waals surface area contributed by atoms with Gasteiger partial charge in [-0.05, 0) is 49.3 Å². The number of hydrogen-bond donors (Lipinski definition) is 0. The standard InChI is InChI=1S/C18H24O3/c1-2-3-13-4-6-15(7-5-13)18(19)21-16-10-8-14(9-11-16)17-12-20-17/h8-11,13,15,17H,2-7,12H2,1H3. The van der Waals surface area contributed by atoms with Gasteiger partial charge in [0.05, 0.1) is 12.5 Å². The summed E-state index contributed by atoms with van der Waals surface area (Å²) >= 11 is 0. The zero-order chi connectivity index (χ0) is 14.7. The quantitative estimate of drug-likeness (QED) is 0.461. The highest BCUT2D eigenvalue weighted by molar-refractivity contribution is 5.75. The molecule has 1 saturated heterocycles. The maximum atomic E-state index is 12.2. The van der Waals surface area contributed by atoms with Gasteiger partial charge in [0, 0.05) is 0 Å². The van der Waals surface area contributed by atoms with Crippen LogP contribution in [0.25, 0.3) is 0 Å². The highest BCUT2D eigenvalue weighted by Crippen LogP contribution is 2.33. The van der Waals surface area contributed by atoms with E-state index in [4.69, 9.17) is 9.47 Å². The number of rotatable bonds is 5. The number of benzene rings is 1. The summed E-state index contributed by atoms with van der Waals surface area (Å²) in [5, 5.41) is 0. The lowest BCUT2D eigenvalue weighted by Crippen LogP contribution is -2.25. The SMILES string of the molecule is CCCC1CCC(C(=O)Oc2ccc(C3CO3)cc2)CC1. The average Bonchev–Trinajstić information content (AvgIpc) is 3.34. The van der Waals surface area contributed by atoms with Crippen LogP contribution in [0.2, 0.25) is 0 Å². The molecule has 1 aliphatic carbocycles. The van der Waals surface area contributed by atoms with E-state index in [1.165, 1.54) is 25.7 Å². The first-order chi connectivity index (χ1) is 10.3. The molecule has 0 amide bonds. The van der Waals surface area contributed by atoms with Crippen LogP contribution in [0.1, 0.15) is 57.1 Å². The van der Waals surface area contributed by atoms with E-state index >= 15 is 0 Å². The third-order valence-electron chi connectivity index (χ3n) is 4.68. The van der Waals surface area contributed by atoms with Crippen LogP contribution in [-0.4, -0.2) is 12.6 Å². The van der Waals surface area contributed by atoms with Crippen molar-refractivity contribution in [3.05, 3.63) is 29.8 Å². The summed E-state index contributed by atoms with van der Waals surface area (Å²) in [6.07, 6.45) is 7.11. The minimum Gasteiger partial charge on any atom is -0.426 e. The first-order valence-electron chi connectivity index (χ1n) is 8.19. The van der Waals surface area contributed by atoms with Gasteiger partial charge in [-0.25, -0.2) is 0 Å². The Labute approximate surface area is 126 Å². The first kappa shape index (κ1) is 14.6. The van der Waals surface area contributed by atoms with Crippen LogP contribution in [-0.2, 0) is 9.53 Å². The van der Waals surface area contributed by atoms with Crippen LogP contribution in [0, 0.1) is 11.8 Å². The summed E-state index contributed by atoms with van der Waals surface area (Å²) in [6, 6.07) is 7.71. The summed E-state index contributed by atoms with van der Waals surface area (Å²) in [4.78, 5) is 12.2. The van der Waals surface area contributed by atoms with E-state index in [0.717, 1.165) is 30.9 Å².